The van der Waals surface area contributed by atoms with Crippen LogP contribution >= 0.6 is 15.9 Å². The van der Waals surface area contributed by atoms with Crippen LogP contribution in [0.5, 0.6) is 0 Å². The number of hydrogen-bond acceptors (Lipinski definition) is 3. The summed E-state index contributed by atoms with van der Waals surface area (Å²) >= 11 is 3.56. The predicted molar refractivity (Wildman–Crippen MR) is 78.8 cm³/mol. The number of anilines is 1. The molecule has 3 nitrogen and oxygen atoms in total. The molecule has 0 aliphatic heterocycles. The van der Waals surface area contributed by atoms with Gasteiger partial charge in [-0.25, -0.2) is 9.97 Å². The molecule has 0 fully saturated rings. The second-order valence-electron chi connectivity index (χ2n) is 4.37. The van der Waals surface area contributed by atoms with Crippen LogP contribution in [-0.4, -0.2) is 17.0 Å². The van der Waals surface area contributed by atoms with Crippen molar-refractivity contribution in [1.29, 1.82) is 0 Å². The molecule has 0 unspecified atom stereocenters. The molecular formula is C14H16BrN3. The van der Waals surface area contributed by atoms with Crippen molar-refractivity contribution in [3.05, 3.63) is 40.5 Å². The van der Waals surface area contributed by atoms with Crippen LogP contribution in [0.15, 0.2) is 34.8 Å². The molecule has 4 heteroatoms. The summed E-state index contributed by atoms with van der Waals surface area (Å²) in [6, 6.07) is 10.0. The average molecular weight is 306 g/mol. The lowest BCUT2D eigenvalue weighted by molar-refractivity contribution is 0.810. The second-order valence-corrected chi connectivity index (χ2v) is 5.16. The number of benzene rings is 1. The monoisotopic (exact) mass is 305 g/mol. The maximum Gasteiger partial charge on any atom is 0.161 e. The van der Waals surface area contributed by atoms with Gasteiger partial charge in [-0.05, 0) is 21.8 Å². The van der Waals surface area contributed by atoms with Gasteiger partial charge in [0, 0.05) is 12.6 Å². The Balaban J connectivity index is 2.59. The summed E-state index contributed by atoms with van der Waals surface area (Å²) in [7, 11) is 1.87. The number of halogens is 1. The number of rotatable bonds is 3. The third kappa shape index (κ3) is 2.53. The van der Waals surface area contributed by atoms with E-state index in [9.17, 15) is 0 Å². The molecule has 0 bridgehead atoms. The number of nitrogens with zero attached hydrogens (tertiary/aromatic N) is 2. The topological polar surface area (TPSA) is 37.8 Å². The molecule has 1 N–H and O–H groups in total. The fourth-order valence-corrected chi connectivity index (χ4v) is 2.56. The van der Waals surface area contributed by atoms with Crippen molar-refractivity contribution in [3.8, 4) is 11.4 Å². The maximum atomic E-state index is 4.65. The highest BCUT2D eigenvalue weighted by Gasteiger charge is 2.14. The molecule has 2 aromatic rings. The molecule has 0 spiro atoms. The van der Waals surface area contributed by atoms with Crippen molar-refractivity contribution < 1.29 is 0 Å². The van der Waals surface area contributed by atoms with E-state index in [1.54, 1.807) is 0 Å². The minimum Gasteiger partial charge on any atom is -0.372 e. The first kappa shape index (κ1) is 13.0. The lowest BCUT2D eigenvalue weighted by atomic mass is 10.1. The van der Waals surface area contributed by atoms with Crippen LogP contribution in [0.4, 0.5) is 5.82 Å². The molecule has 2 rings (SSSR count). The molecule has 0 saturated heterocycles. The lowest BCUT2D eigenvalue weighted by Gasteiger charge is -2.13. The minimum absolute atomic E-state index is 0.344. The normalized spacial score (nSPS) is 10.7. The highest BCUT2D eigenvalue weighted by Crippen LogP contribution is 2.30. The molecule has 0 radical (unpaired) electrons. The van der Waals surface area contributed by atoms with Gasteiger partial charge < -0.3 is 5.32 Å². The zero-order valence-electron chi connectivity index (χ0n) is 10.7. The third-order valence-electron chi connectivity index (χ3n) is 2.69. The van der Waals surface area contributed by atoms with Crippen molar-refractivity contribution in [1.82, 2.24) is 9.97 Å². The van der Waals surface area contributed by atoms with Crippen LogP contribution < -0.4 is 5.32 Å². The van der Waals surface area contributed by atoms with Gasteiger partial charge in [-0.2, -0.15) is 0 Å². The minimum atomic E-state index is 0.344. The standard InChI is InChI=1S/C14H16BrN3/c1-9(2)12-11(15)14(16-3)18-13(17-12)10-7-5-4-6-8-10/h4-9H,1-3H3,(H,16,17,18). The van der Waals surface area contributed by atoms with Crippen molar-refractivity contribution in [2.45, 2.75) is 19.8 Å². The Morgan fingerprint density at radius 2 is 1.78 bits per heavy atom. The summed E-state index contributed by atoms with van der Waals surface area (Å²) in [5.74, 6) is 1.93. The Kier molecular flexibility index (Phi) is 3.97. The van der Waals surface area contributed by atoms with Crippen LogP contribution in [-0.2, 0) is 0 Å². The second kappa shape index (κ2) is 5.48. The highest BCUT2D eigenvalue weighted by molar-refractivity contribution is 9.10. The Labute approximate surface area is 116 Å². The van der Waals surface area contributed by atoms with E-state index >= 15 is 0 Å². The maximum absolute atomic E-state index is 4.65. The van der Waals surface area contributed by atoms with Crippen LogP contribution in [0, 0.1) is 0 Å². The molecule has 0 aliphatic carbocycles. The van der Waals surface area contributed by atoms with Crippen LogP contribution in [0.1, 0.15) is 25.5 Å². The largest absolute Gasteiger partial charge is 0.372 e. The van der Waals surface area contributed by atoms with Gasteiger partial charge in [0.2, 0.25) is 0 Å². The van der Waals surface area contributed by atoms with Crippen LogP contribution in [0.3, 0.4) is 0 Å². The van der Waals surface area contributed by atoms with Gasteiger partial charge in [-0.15, -0.1) is 0 Å². The first-order chi connectivity index (χ1) is 8.63. The van der Waals surface area contributed by atoms with E-state index in [0.29, 0.717) is 5.92 Å². The van der Waals surface area contributed by atoms with E-state index in [4.69, 9.17) is 0 Å². The Hall–Kier alpha value is -1.42. The van der Waals surface area contributed by atoms with Crippen molar-refractivity contribution in [3.63, 3.8) is 0 Å². The van der Waals surface area contributed by atoms with E-state index in [2.05, 4.69) is 45.1 Å². The summed E-state index contributed by atoms with van der Waals surface area (Å²) in [5.41, 5.74) is 2.05. The average Bonchev–Trinajstić information content (AvgIpc) is 2.39. The van der Waals surface area contributed by atoms with Crippen LogP contribution in [0.2, 0.25) is 0 Å². The first-order valence-corrected chi connectivity index (χ1v) is 6.73. The number of aromatic nitrogens is 2. The molecule has 1 aromatic heterocycles. The molecular weight excluding hydrogens is 290 g/mol. The molecule has 1 aromatic carbocycles. The molecule has 0 saturated carbocycles. The smallest absolute Gasteiger partial charge is 0.161 e. The fraction of sp³-hybridized carbons (Fsp3) is 0.286. The van der Waals surface area contributed by atoms with E-state index < -0.39 is 0 Å². The van der Waals surface area contributed by atoms with Gasteiger partial charge in [0.15, 0.2) is 5.82 Å². The molecule has 94 valence electrons. The van der Waals surface area contributed by atoms with Crippen molar-refractivity contribution in [2.24, 2.45) is 0 Å². The molecule has 0 aliphatic rings. The Morgan fingerprint density at radius 3 is 2.33 bits per heavy atom. The van der Waals surface area contributed by atoms with Gasteiger partial charge in [0.05, 0.1) is 10.2 Å². The summed E-state index contributed by atoms with van der Waals surface area (Å²) in [6.45, 7) is 4.25. The first-order valence-electron chi connectivity index (χ1n) is 5.94. The predicted octanol–water partition coefficient (Wildman–Crippen LogP) is 4.07. The lowest BCUT2D eigenvalue weighted by Crippen LogP contribution is -2.04. The zero-order valence-corrected chi connectivity index (χ0v) is 12.3. The van der Waals surface area contributed by atoms with E-state index in [-0.39, 0.29) is 0 Å². The van der Waals surface area contributed by atoms with Gasteiger partial charge in [-0.1, -0.05) is 44.2 Å². The van der Waals surface area contributed by atoms with Gasteiger partial charge in [0.25, 0.3) is 0 Å². The van der Waals surface area contributed by atoms with E-state index in [1.165, 1.54) is 0 Å². The van der Waals surface area contributed by atoms with Crippen molar-refractivity contribution >= 4 is 21.7 Å². The Morgan fingerprint density at radius 1 is 1.11 bits per heavy atom. The SMILES string of the molecule is CNc1nc(-c2ccccc2)nc(C(C)C)c1Br. The van der Waals surface area contributed by atoms with Crippen molar-refractivity contribution in [2.75, 3.05) is 12.4 Å². The van der Waals surface area contributed by atoms with Gasteiger partial charge >= 0.3 is 0 Å². The Bertz CT molecular complexity index is 538. The fourth-order valence-electron chi connectivity index (χ4n) is 1.73. The van der Waals surface area contributed by atoms with E-state index in [0.717, 1.165) is 27.4 Å². The van der Waals surface area contributed by atoms with Crippen LogP contribution in [0.25, 0.3) is 11.4 Å². The molecule has 1 heterocycles. The molecule has 0 atom stereocenters. The zero-order chi connectivity index (χ0) is 13.1. The number of nitrogens with one attached hydrogen (secondary N) is 1. The summed E-state index contributed by atoms with van der Waals surface area (Å²) in [5, 5.41) is 3.10. The summed E-state index contributed by atoms with van der Waals surface area (Å²) < 4.78 is 0.944. The number of hydrogen-bond donors (Lipinski definition) is 1. The van der Waals surface area contributed by atoms with Gasteiger partial charge in [0.1, 0.15) is 5.82 Å². The molecule has 0 amide bonds. The molecule has 18 heavy (non-hydrogen) atoms. The quantitative estimate of drug-likeness (QED) is 0.929. The van der Waals surface area contributed by atoms with Gasteiger partial charge in [-0.3, -0.25) is 0 Å². The third-order valence-corrected chi connectivity index (χ3v) is 3.47. The summed E-state index contributed by atoms with van der Waals surface area (Å²) in [6.07, 6.45) is 0. The summed E-state index contributed by atoms with van der Waals surface area (Å²) in [4.78, 5) is 9.19. The highest BCUT2D eigenvalue weighted by atomic mass is 79.9. The van der Waals surface area contributed by atoms with E-state index in [1.807, 2.05) is 37.4 Å².